The molecule has 0 unspecified atom stereocenters. The summed E-state index contributed by atoms with van der Waals surface area (Å²) >= 11 is 0. The van der Waals surface area contributed by atoms with E-state index < -0.39 is 0 Å². The molecule has 1 fully saturated rings. The first-order chi connectivity index (χ1) is 6.38. The molecule has 1 heterocycles. The maximum absolute atomic E-state index is 5.78. The number of nitrogens with zero attached hydrogens (tertiary/aromatic N) is 2. The van der Waals surface area contributed by atoms with Gasteiger partial charge in [0.05, 0.1) is 6.20 Å². The van der Waals surface area contributed by atoms with Gasteiger partial charge in [0, 0.05) is 5.56 Å². The zero-order valence-corrected chi connectivity index (χ0v) is 7.74. The van der Waals surface area contributed by atoms with Crippen LogP contribution in [0.15, 0.2) is 12.3 Å². The first-order valence-corrected chi connectivity index (χ1v) is 4.95. The van der Waals surface area contributed by atoms with E-state index in [4.69, 9.17) is 5.73 Å². The molecule has 0 aliphatic heterocycles. The summed E-state index contributed by atoms with van der Waals surface area (Å²) in [5, 5.41) is 7.65. The number of nitrogen functional groups attached to an aromatic ring is 1. The molecule has 0 aromatic carbocycles. The van der Waals surface area contributed by atoms with E-state index in [2.05, 4.69) is 10.2 Å². The molecule has 0 spiro atoms. The zero-order valence-electron chi connectivity index (χ0n) is 7.74. The molecule has 0 saturated heterocycles. The average molecular weight is 177 g/mol. The Morgan fingerprint density at radius 2 is 2.00 bits per heavy atom. The standard InChI is InChI=1S/C10H15N3/c11-10-9(6-7-12-13-10)8-4-2-1-3-5-8/h6-8H,1-5H2,(H2,11,13). The van der Waals surface area contributed by atoms with Crippen molar-refractivity contribution in [3.8, 4) is 0 Å². The normalized spacial score (nSPS) is 18.8. The van der Waals surface area contributed by atoms with Crippen molar-refractivity contribution in [3.63, 3.8) is 0 Å². The Morgan fingerprint density at radius 1 is 1.23 bits per heavy atom. The van der Waals surface area contributed by atoms with Gasteiger partial charge < -0.3 is 5.73 Å². The third-order valence-electron chi connectivity index (χ3n) is 2.83. The lowest BCUT2D eigenvalue weighted by Gasteiger charge is -2.22. The van der Waals surface area contributed by atoms with E-state index in [9.17, 15) is 0 Å². The minimum Gasteiger partial charge on any atom is -0.382 e. The number of nitrogens with two attached hydrogens (primary N) is 1. The van der Waals surface area contributed by atoms with E-state index in [1.54, 1.807) is 6.20 Å². The van der Waals surface area contributed by atoms with Crippen LogP contribution in [-0.2, 0) is 0 Å². The average Bonchev–Trinajstić information content (AvgIpc) is 2.20. The highest BCUT2D eigenvalue weighted by atomic mass is 15.1. The predicted octanol–water partition coefficient (Wildman–Crippen LogP) is 2.11. The molecule has 1 aromatic heterocycles. The number of hydrogen-bond acceptors (Lipinski definition) is 3. The van der Waals surface area contributed by atoms with Crippen molar-refractivity contribution in [1.29, 1.82) is 0 Å². The molecule has 0 atom stereocenters. The van der Waals surface area contributed by atoms with Gasteiger partial charge in [0.1, 0.15) is 5.82 Å². The molecule has 1 aliphatic rings. The largest absolute Gasteiger partial charge is 0.382 e. The second-order valence-corrected chi connectivity index (χ2v) is 3.71. The van der Waals surface area contributed by atoms with Crippen LogP contribution in [0.1, 0.15) is 43.6 Å². The van der Waals surface area contributed by atoms with Gasteiger partial charge >= 0.3 is 0 Å². The van der Waals surface area contributed by atoms with Crippen molar-refractivity contribution in [3.05, 3.63) is 17.8 Å². The Kier molecular flexibility index (Phi) is 2.43. The quantitative estimate of drug-likeness (QED) is 0.714. The Balaban J connectivity index is 2.18. The molecular weight excluding hydrogens is 162 g/mol. The van der Waals surface area contributed by atoms with Crippen LogP contribution in [-0.4, -0.2) is 10.2 Å². The van der Waals surface area contributed by atoms with Gasteiger partial charge in [-0.2, -0.15) is 5.10 Å². The Hall–Kier alpha value is -1.12. The maximum atomic E-state index is 5.78. The molecule has 3 heteroatoms. The molecule has 0 bridgehead atoms. The molecule has 1 aliphatic carbocycles. The fraction of sp³-hybridized carbons (Fsp3) is 0.600. The number of hydrogen-bond donors (Lipinski definition) is 1. The van der Waals surface area contributed by atoms with Gasteiger partial charge in [0.2, 0.25) is 0 Å². The van der Waals surface area contributed by atoms with E-state index in [0.717, 1.165) is 0 Å². The van der Waals surface area contributed by atoms with Crippen LogP contribution in [0.4, 0.5) is 5.82 Å². The lowest BCUT2D eigenvalue weighted by Crippen LogP contribution is -2.08. The van der Waals surface area contributed by atoms with Gasteiger partial charge in [-0.3, -0.25) is 0 Å². The summed E-state index contributed by atoms with van der Waals surface area (Å²) in [4.78, 5) is 0. The zero-order chi connectivity index (χ0) is 9.10. The first kappa shape index (κ1) is 8.48. The summed E-state index contributed by atoms with van der Waals surface area (Å²) in [5.41, 5.74) is 6.98. The summed E-state index contributed by atoms with van der Waals surface area (Å²) in [6.07, 6.45) is 8.28. The van der Waals surface area contributed by atoms with Crippen molar-refractivity contribution in [2.45, 2.75) is 38.0 Å². The van der Waals surface area contributed by atoms with Gasteiger partial charge in [-0.25, -0.2) is 0 Å². The fourth-order valence-corrected chi connectivity index (χ4v) is 2.11. The summed E-state index contributed by atoms with van der Waals surface area (Å²) in [7, 11) is 0. The highest BCUT2D eigenvalue weighted by molar-refractivity contribution is 5.39. The van der Waals surface area contributed by atoms with Gasteiger partial charge in [-0.1, -0.05) is 19.3 Å². The second kappa shape index (κ2) is 3.73. The van der Waals surface area contributed by atoms with Crippen molar-refractivity contribution in [2.75, 3.05) is 5.73 Å². The Bertz CT molecular complexity index is 279. The van der Waals surface area contributed by atoms with Crippen molar-refractivity contribution in [1.82, 2.24) is 10.2 Å². The molecule has 0 radical (unpaired) electrons. The summed E-state index contributed by atoms with van der Waals surface area (Å²) in [6.45, 7) is 0. The molecule has 70 valence electrons. The molecule has 3 nitrogen and oxygen atoms in total. The number of anilines is 1. The number of rotatable bonds is 1. The third kappa shape index (κ3) is 1.79. The van der Waals surface area contributed by atoms with Crippen LogP contribution in [0, 0.1) is 0 Å². The molecule has 1 aromatic rings. The highest BCUT2D eigenvalue weighted by Crippen LogP contribution is 2.34. The summed E-state index contributed by atoms with van der Waals surface area (Å²) in [6, 6.07) is 2.01. The van der Waals surface area contributed by atoms with E-state index >= 15 is 0 Å². The SMILES string of the molecule is Nc1nnccc1C1CCCCC1. The summed E-state index contributed by atoms with van der Waals surface area (Å²) in [5.74, 6) is 1.25. The second-order valence-electron chi connectivity index (χ2n) is 3.71. The molecule has 13 heavy (non-hydrogen) atoms. The minimum absolute atomic E-state index is 0.620. The van der Waals surface area contributed by atoms with Crippen LogP contribution in [0.3, 0.4) is 0 Å². The first-order valence-electron chi connectivity index (χ1n) is 4.95. The summed E-state index contributed by atoms with van der Waals surface area (Å²) < 4.78 is 0. The molecule has 2 N–H and O–H groups in total. The van der Waals surface area contributed by atoms with Crippen LogP contribution < -0.4 is 5.73 Å². The topological polar surface area (TPSA) is 51.8 Å². The smallest absolute Gasteiger partial charge is 0.149 e. The van der Waals surface area contributed by atoms with E-state index in [-0.39, 0.29) is 0 Å². The van der Waals surface area contributed by atoms with E-state index in [0.29, 0.717) is 11.7 Å². The molecular formula is C10H15N3. The van der Waals surface area contributed by atoms with Gasteiger partial charge in [-0.15, -0.1) is 5.10 Å². The van der Waals surface area contributed by atoms with Crippen LogP contribution in [0.2, 0.25) is 0 Å². The van der Waals surface area contributed by atoms with Crippen molar-refractivity contribution in [2.24, 2.45) is 0 Å². The van der Waals surface area contributed by atoms with Crippen molar-refractivity contribution < 1.29 is 0 Å². The van der Waals surface area contributed by atoms with E-state index in [1.807, 2.05) is 6.07 Å². The Labute approximate surface area is 78.4 Å². The van der Waals surface area contributed by atoms with Crippen LogP contribution in [0.5, 0.6) is 0 Å². The molecule has 2 rings (SSSR count). The monoisotopic (exact) mass is 177 g/mol. The lowest BCUT2D eigenvalue weighted by atomic mass is 9.84. The minimum atomic E-state index is 0.620. The third-order valence-corrected chi connectivity index (χ3v) is 2.83. The lowest BCUT2D eigenvalue weighted by molar-refractivity contribution is 0.443. The Morgan fingerprint density at radius 3 is 2.69 bits per heavy atom. The fourth-order valence-electron chi connectivity index (χ4n) is 2.11. The predicted molar refractivity (Wildman–Crippen MR) is 52.3 cm³/mol. The molecule has 0 amide bonds. The highest BCUT2D eigenvalue weighted by Gasteiger charge is 2.17. The van der Waals surface area contributed by atoms with Gasteiger partial charge in [-0.05, 0) is 24.8 Å². The van der Waals surface area contributed by atoms with Crippen LogP contribution in [0.25, 0.3) is 0 Å². The number of aromatic nitrogens is 2. The van der Waals surface area contributed by atoms with Gasteiger partial charge in [0.25, 0.3) is 0 Å². The maximum Gasteiger partial charge on any atom is 0.149 e. The van der Waals surface area contributed by atoms with Crippen molar-refractivity contribution >= 4 is 5.82 Å². The van der Waals surface area contributed by atoms with E-state index in [1.165, 1.54) is 37.7 Å². The van der Waals surface area contributed by atoms with Crippen LogP contribution >= 0.6 is 0 Å². The molecule has 1 saturated carbocycles. The van der Waals surface area contributed by atoms with Gasteiger partial charge in [0.15, 0.2) is 0 Å².